The number of hydrogen-bond donors (Lipinski definition) is 1. The zero-order chi connectivity index (χ0) is 11.4. The Morgan fingerprint density at radius 1 is 1.31 bits per heavy atom. The Morgan fingerprint density at radius 2 is 2.06 bits per heavy atom. The Morgan fingerprint density at radius 3 is 2.69 bits per heavy atom. The molecule has 0 radical (unpaired) electrons. The first kappa shape index (κ1) is 11.2. The second-order valence-electron chi connectivity index (χ2n) is 3.66. The van der Waals surface area contributed by atoms with Gasteiger partial charge in [-0.15, -0.1) is 0 Å². The molecule has 0 atom stereocenters. The van der Waals surface area contributed by atoms with E-state index in [1.807, 2.05) is 30.1 Å². The molecule has 3 nitrogen and oxygen atoms in total. The fourth-order valence-electron chi connectivity index (χ4n) is 1.67. The molecule has 0 aliphatic rings. The van der Waals surface area contributed by atoms with Gasteiger partial charge >= 0.3 is 0 Å². The molecule has 16 heavy (non-hydrogen) atoms. The minimum atomic E-state index is 0.672. The van der Waals surface area contributed by atoms with Crippen LogP contribution in [0.3, 0.4) is 0 Å². The summed E-state index contributed by atoms with van der Waals surface area (Å²) in [6.07, 6.45) is 3.49. The normalized spacial score (nSPS) is 10.6. The third-order valence-electron chi connectivity index (χ3n) is 2.42. The van der Waals surface area contributed by atoms with Crippen molar-refractivity contribution >= 4 is 11.6 Å². The fourth-order valence-corrected chi connectivity index (χ4v) is 1.83. The summed E-state index contributed by atoms with van der Waals surface area (Å²) < 4.78 is 1.84. The van der Waals surface area contributed by atoms with Crippen LogP contribution in [0.2, 0.25) is 5.02 Å². The first-order chi connectivity index (χ1) is 7.79. The highest BCUT2D eigenvalue weighted by molar-refractivity contribution is 6.30. The van der Waals surface area contributed by atoms with Crippen LogP contribution >= 0.6 is 11.6 Å². The highest BCUT2D eigenvalue weighted by Crippen LogP contribution is 2.12. The van der Waals surface area contributed by atoms with E-state index in [4.69, 9.17) is 11.6 Å². The molecule has 84 valence electrons. The predicted octanol–water partition coefficient (Wildman–Crippen LogP) is 2.30. The SMILES string of the molecule is CNCc1ccccc1Cn1cc(Cl)cn1. The third kappa shape index (κ3) is 2.62. The first-order valence-electron chi connectivity index (χ1n) is 5.19. The average molecular weight is 236 g/mol. The van der Waals surface area contributed by atoms with Crippen LogP contribution in [0.25, 0.3) is 0 Å². The van der Waals surface area contributed by atoms with Crippen molar-refractivity contribution in [2.24, 2.45) is 0 Å². The third-order valence-corrected chi connectivity index (χ3v) is 2.61. The lowest BCUT2D eigenvalue weighted by molar-refractivity contribution is 0.675. The number of nitrogens with one attached hydrogen (secondary N) is 1. The minimum Gasteiger partial charge on any atom is -0.316 e. The molecule has 0 bridgehead atoms. The van der Waals surface area contributed by atoms with E-state index in [2.05, 4.69) is 22.5 Å². The number of nitrogens with zero attached hydrogens (tertiary/aromatic N) is 2. The van der Waals surface area contributed by atoms with Crippen molar-refractivity contribution in [1.29, 1.82) is 0 Å². The summed E-state index contributed by atoms with van der Waals surface area (Å²) in [7, 11) is 1.95. The summed E-state index contributed by atoms with van der Waals surface area (Å²) in [4.78, 5) is 0. The molecule has 1 aromatic heterocycles. The van der Waals surface area contributed by atoms with Gasteiger partial charge in [-0.3, -0.25) is 4.68 Å². The summed E-state index contributed by atoms with van der Waals surface area (Å²) in [5, 5.41) is 8.01. The maximum atomic E-state index is 5.83. The van der Waals surface area contributed by atoms with Gasteiger partial charge in [0.05, 0.1) is 17.8 Å². The van der Waals surface area contributed by atoms with E-state index in [0.717, 1.165) is 13.1 Å². The summed E-state index contributed by atoms with van der Waals surface area (Å²) in [5.41, 5.74) is 2.55. The second kappa shape index (κ2) is 5.14. The van der Waals surface area contributed by atoms with Gasteiger partial charge in [0.1, 0.15) is 0 Å². The van der Waals surface area contributed by atoms with Gasteiger partial charge in [0, 0.05) is 12.7 Å². The Bertz CT molecular complexity index is 465. The molecule has 0 amide bonds. The van der Waals surface area contributed by atoms with Crippen LogP contribution in [0.15, 0.2) is 36.7 Å². The van der Waals surface area contributed by atoms with E-state index in [-0.39, 0.29) is 0 Å². The molecule has 0 fully saturated rings. The van der Waals surface area contributed by atoms with E-state index in [9.17, 15) is 0 Å². The summed E-state index contributed by atoms with van der Waals surface area (Å²) in [5.74, 6) is 0. The second-order valence-corrected chi connectivity index (χ2v) is 4.09. The van der Waals surface area contributed by atoms with Crippen LogP contribution in [0.4, 0.5) is 0 Å². The maximum absolute atomic E-state index is 5.83. The smallest absolute Gasteiger partial charge is 0.0785 e. The zero-order valence-electron chi connectivity index (χ0n) is 9.15. The minimum absolute atomic E-state index is 0.672. The van der Waals surface area contributed by atoms with Crippen molar-refractivity contribution in [2.45, 2.75) is 13.1 Å². The lowest BCUT2D eigenvalue weighted by atomic mass is 10.1. The monoisotopic (exact) mass is 235 g/mol. The molecule has 1 N–H and O–H groups in total. The van der Waals surface area contributed by atoms with Crippen molar-refractivity contribution in [3.63, 3.8) is 0 Å². The van der Waals surface area contributed by atoms with E-state index in [0.29, 0.717) is 5.02 Å². The maximum Gasteiger partial charge on any atom is 0.0785 e. The lowest BCUT2D eigenvalue weighted by Crippen LogP contribution is -2.10. The van der Waals surface area contributed by atoms with E-state index >= 15 is 0 Å². The number of hydrogen-bond acceptors (Lipinski definition) is 2. The first-order valence-corrected chi connectivity index (χ1v) is 5.56. The molecule has 0 saturated heterocycles. The van der Waals surface area contributed by atoms with Crippen molar-refractivity contribution < 1.29 is 0 Å². The Kier molecular flexibility index (Phi) is 3.59. The lowest BCUT2D eigenvalue weighted by Gasteiger charge is -2.08. The number of halogens is 1. The molecule has 1 aromatic carbocycles. The highest BCUT2D eigenvalue weighted by Gasteiger charge is 2.02. The Hall–Kier alpha value is -1.32. The van der Waals surface area contributed by atoms with Crippen molar-refractivity contribution in [3.05, 3.63) is 52.8 Å². The van der Waals surface area contributed by atoms with Crippen LogP contribution in [0.1, 0.15) is 11.1 Å². The molecular weight excluding hydrogens is 222 g/mol. The molecule has 0 aliphatic heterocycles. The van der Waals surface area contributed by atoms with Crippen molar-refractivity contribution in [1.82, 2.24) is 15.1 Å². The molecule has 2 aromatic rings. The summed E-state index contributed by atoms with van der Waals surface area (Å²) in [6.45, 7) is 1.62. The molecule has 1 heterocycles. The molecule has 0 unspecified atom stereocenters. The van der Waals surface area contributed by atoms with Crippen LogP contribution in [0, 0.1) is 0 Å². The van der Waals surface area contributed by atoms with Gasteiger partial charge in [-0.2, -0.15) is 5.10 Å². The van der Waals surface area contributed by atoms with E-state index in [1.165, 1.54) is 11.1 Å². The van der Waals surface area contributed by atoms with Gasteiger partial charge in [-0.25, -0.2) is 0 Å². The largest absolute Gasteiger partial charge is 0.316 e. The fraction of sp³-hybridized carbons (Fsp3) is 0.250. The van der Waals surface area contributed by atoms with E-state index < -0.39 is 0 Å². The van der Waals surface area contributed by atoms with Gasteiger partial charge in [0.2, 0.25) is 0 Å². The zero-order valence-corrected chi connectivity index (χ0v) is 9.91. The molecule has 4 heteroatoms. The Balaban J connectivity index is 2.20. The van der Waals surface area contributed by atoms with Crippen LogP contribution in [-0.4, -0.2) is 16.8 Å². The van der Waals surface area contributed by atoms with Gasteiger partial charge in [0.25, 0.3) is 0 Å². The van der Waals surface area contributed by atoms with Crippen LogP contribution < -0.4 is 5.32 Å². The predicted molar refractivity (Wildman–Crippen MR) is 65.5 cm³/mol. The number of rotatable bonds is 4. The molecule has 2 rings (SSSR count). The average Bonchev–Trinajstić information content (AvgIpc) is 2.67. The molecule has 0 aliphatic carbocycles. The van der Waals surface area contributed by atoms with Gasteiger partial charge in [-0.1, -0.05) is 35.9 Å². The van der Waals surface area contributed by atoms with Crippen LogP contribution in [-0.2, 0) is 13.1 Å². The molecule has 0 spiro atoms. The standard InChI is InChI=1S/C12H14ClN3/c1-14-6-10-4-2-3-5-11(10)8-16-9-12(13)7-15-16/h2-5,7,9,14H,6,8H2,1H3. The van der Waals surface area contributed by atoms with Crippen molar-refractivity contribution in [2.75, 3.05) is 7.05 Å². The summed E-state index contributed by atoms with van der Waals surface area (Å²) in [6, 6.07) is 8.32. The van der Waals surface area contributed by atoms with Crippen LogP contribution in [0.5, 0.6) is 0 Å². The van der Waals surface area contributed by atoms with Crippen molar-refractivity contribution in [3.8, 4) is 0 Å². The molecule has 0 saturated carbocycles. The Labute approximate surface area is 100 Å². The number of aromatic nitrogens is 2. The quantitative estimate of drug-likeness (QED) is 0.882. The van der Waals surface area contributed by atoms with Gasteiger partial charge < -0.3 is 5.32 Å². The number of benzene rings is 1. The molecular formula is C12H14ClN3. The van der Waals surface area contributed by atoms with Gasteiger partial charge in [0.15, 0.2) is 0 Å². The summed E-state index contributed by atoms with van der Waals surface area (Å²) >= 11 is 5.83. The van der Waals surface area contributed by atoms with E-state index in [1.54, 1.807) is 6.20 Å². The van der Waals surface area contributed by atoms with Gasteiger partial charge in [-0.05, 0) is 18.2 Å². The topological polar surface area (TPSA) is 29.9 Å². The highest BCUT2D eigenvalue weighted by atomic mass is 35.5.